The standard InChI is InChI=1S/C23H25N3O4/c1-2-29-23(28)24-18-8-9-20-17(14-22(27)30-21(20)15-18)16-25-10-12-26(13-11-25)19-6-4-3-5-7-19/h3-9,14-15H,2,10-13,16H2,1H3,(H,24,28)/p+1. The zero-order valence-corrected chi connectivity index (χ0v) is 17.0. The summed E-state index contributed by atoms with van der Waals surface area (Å²) in [5.74, 6) is 0. The summed E-state index contributed by atoms with van der Waals surface area (Å²) >= 11 is 0. The fraction of sp³-hybridized carbons (Fsp3) is 0.304. The van der Waals surface area contributed by atoms with E-state index in [4.69, 9.17) is 9.15 Å². The number of piperazine rings is 1. The van der Waals surface area contributed by atoms with Crippen molar-refractivity contribution in [3.05, 3.63) is 70.6 Å². The summed E-state index contributed by atoms with van der Waals surface area (Å²) in [6.07, 6.45) is -0.531. The Morgan fingerprint density at radius 3 is 2.63 bits per heavy atom. The van der Waals surface area contributed by atoms with Crippen LogP contribution in [0.3, 0.4) is 0 Å². The van der Waals surface area contributed by atoms with Crippen molar-refractivity contribution >= 4 is 28.4 Å². The Morgan fingerprint density at radius 1 is 1.13 bits per heavy atom. The molecule has 1 fully saturated rings. The number of para-hydroxylation sites is 1. The average Bonchev–Trinajstić information content (AvgIpc) is 2.75. The van der Waals surface area contributed by atoms with Crippen LogP contribution in [0.4, 0.5) is 16.2 Å². The molecule has 30 heavy (non-hydrogen) atoms. The lowest BCUT2D eigenvalue weighted by Gasteiger charge is -2.33. The Hall–Kier alpha value is -3.32. The first-order valence-corrected chi connectivity index (χ1v) is 10.3. The molecule has 2 aromatic carbocycles. The summed E-state index contributed by atoms with van der Waals surface area (Å²) in [5.41, 5.74) is 2.84. The number of rotatable bonds is 5. The van der Waals surface area contributed by atoms with Gasteiger partial charge in [-0.2, -0.15) is 0 Å². The molecule has 3 aromatic rings. The molecular formula is C23H26N3O4+. The number of ether oxygens (including phenoxy) is 1. The maximum atomic E-state index is 12.1. The molecule has 156 valence electrons. The topological polar surface area (TPSA) is 76.2 Å². The molecule has 1 aliphatic heterocycles. The molecule has 1 amide bonds. The number of benzene rings is 2. The first-order chi connectivity index (χ1) is 14.6. The smallest absolute Gasteiger partial charge is 0.411 e. The van der Waals surface area contributed by atoms with Crippen LogP contribution in [0, 0.1) is 0 Å². The zero-order chi connectivity index (χ0) is 20.9. The van der Waals surface area contributed by atoms with E-state index in [1.807, 2.05) is 12.1 Å². The Kier molecular flexibility index (Phi) is 5.99. The van der Waals surface area contributed by atoms with Gasteiger partial charge in [0.05, 0.1) is 32.8 Å². The fourth-order valence-electron chi connectivity index (χ4n) is 3.91. The number of anilines is 2. The third-order valence-electron chi connectivity index (χ3n) is 5.38. The molecule has 7 heteroatoms. The molecule has 0 spiro atoms. The first kappa shape index (κ1) is 20.0. The quantitative estimate of drug-likeness (QED) is 0.634. The van der Waals surface area contributed by atoms with Gasteiger partial charge in [-0.15, -0.1) is 0 Å². The lowest BCUT2D eigenvalue weighted by atomic mass is 10.1. The number of quaternary nitrogens is 1. The SMILES string of the molecule is CCOC(=O)Nc1ccc2c(C[NH+]3CCN(c4ccccc4)CC3)cc(=O)oc2c1. The number of nitrogens with zero attached hydrogens (tertiary/aromatic N) is 1. The van der Waals surface area contributed by atoms with Crippen LogP contribution < -0.4 is 20.7 Å². The van der Waals surface area contributed by atoms with E-state index in [1.165, 1.54) is 10.6 Å². The monoisotopic (exact) mass is 408 g/mol. The molecule has 4 rings (SSSR count). The molecule has 0 saturated carbocycles. The van der Waals surface area contributed by atoms with E-state index in [-0.39, 0.29) is 5.63 Å². The first-order valence-electron chi connectivity index (χ1n) is 10.3. The van der Waals surface area contributed by atoms with Gasteiger partial charge in [0.15, 0.2) is 0 Å². The third-order valence-corrected chi connectivity index (χ3v) is 5.38. The number of amides is 1. The van der Waals surface area contributed by atoms with E-state index in [9.17, 15) is 9.59 Å². The highest BCUT2D eigenvalue weighted by Crippen LogP contribution is 2.21. The number of hydrogen-bond donors (Lipinski definition) is 2. The van der Waals surface area contributed by atoms with Crippen LogP contribution >= 0.6 is 0 Å². The van der Waals surface area contributed by atoms with Gasteiger partial charge in [0, 0.05) is 34.5 Å². The number of nitrogens with one attached hydrogen (secondary N) is 2. The van der Waals surface area contributed by atoms with Crippen LogP contribution in [0.2, 0.25) is 0 Å². The van der Waals surface area contributed by atoms with Crippen LogP contribution in [0.5, 0.6) is 0 Å². The van der Waals surface area contributed by atoms with Gasteiger partial charge in [-0.1, -0.05) is 18.2 Å². The van der Waals surface area contributed by atoms with Crippen LogP contribution in [0.15, 0.2) is 63.8 Å². The van der Waals surface area contributed by atoms with Crippen molar-refractivity contribution in [1.82, 2.24) is 0 Å². The van der Waals surface area contributed by atoms with E-state index >= 15 is 0 Å². The minimum atomic E-state index is -0.531. The molecule has 0 radical (unpaired) electrons. The second-order valence-electron chi connectivity index (χ2n) is 7.40. The van der Waals surface area contributed by atoms with Crippen molar-refractivity contribution in [3.63, 3.8) is 0 Å². The zero-order valence-electron chi connectivity index (χ0n) is 17.0. The Bertz CT molecular complexity index is 1070. The number of carbonyl (C=O) groups is 1. The van der Waals surface area contributed by atoms with E-state index in [0.29, 0.717) is 17.9 Å². The molecule has 0 atom stereocenters. The second kappa shape index (κ2) is 9.00. The average molecular weight is 408 g/mol. The molecule has 0 aliphatic carbocycles. The molecule has 2 heterocycles. The number of fused-ring (bicyclic) bond motifs is 1. The maximum absolute atomic E-state index is 12.1. The second-order valence-corrected chi connectivity index (χ2v) is 7.40. The van der Waals surface area contributed by atoms with Gasteiger partial charge in [0.2, 0.25) is 0 Å². The number of carbonyl (C=O) groups excluding carboxylic acids is 1. The van der Waals surface area contributed by atoms with Crippen molar-refractivity contribution in [2.24, 2.45) is 0 Å². The Morgan fingerprint density at radius 2 is 1.90 bits per heavy atom. The molecule has 2 N–H and O–H groups in total. The van der Waals surface area contributed by atoms with E-state index < -0.39 is 6.09 Å². The lowest BCUT2D eigenvalue weighted by Crippen LogP contribution is -3.13. The summed E-state index contributed by atoms with van der Waals surface area (Å²) < 4.78 is 10.3. The van der Waals surface area contributed by atoms with Crippen LogP contribution in [-0.2, 0) is 11.3 Å². The lowest BCUT2D eigenvalue weighted by molar-refractivity contribution is -0.914. The third kappa shape index (κ3) is 4.63. The largest absolute Gasteiger partial charge is 0.450 e. The van der Waals surface area contributed by atoms with Crippen LogP contribution in [0.1, 0.15) is 12.5 Å². The van der Waals surface area contributed by atoms with Gasteiger partial charge in [-0.3, -0.25) is 5.32 Å². The van der Waals surface area contributed by atoms with Gasteiger partial charge < -0.3 is 19.0 Å². The highest BCUT2D eigenvalue weighted by molar-refractivity contribution is 5.89. The van der Waals surface area contributed by atoms with E-state index in [0.717, 1.165) is 43.7 Å². The van der Waals surface area contributed by atoms with Crippen molar-refractivity contribution in [2.75, 3.05) is 43.0 Å². The summed E-state index contributed by atoms with van der Waals surface area (Å²) in [4.78, 5) is 27.6. The predicted octanol–water partition coefficient (Wildman–Crippen LogP) is 2.27. The highest BCUT2D eigenvalue weighted by atomic mass is 16.5. The molecule has 0 unspecified atom stereocenters. The van der Waals surface area contributed by atoms with Gasteiger partial charge in [0.1, 0.15) is 12.1 Å². The summed E-state index contributed by atoms with van der Waals surface area (Å²) in [6.45, 7) is 6.75. The van der Waals surface area contributed by atoms with Crippen molar-refractivity contribution in [1.29, 1.82) is 0 Å². The van der Waals surface area contributed by atoms with Crippen LogP contribution in [-0.4, -0.2) is 38.9 Å². The Balaban J connectivity index is 1.48. The molecule has 1 aliphatic rings. The summed E-state index contributed by atoms with van der Waals surface area (Å²) in [5, 5.41) is 3.53. The normalized spacial score (nSPS) is 14.6. The van der Waals surface area contributed by atoms with Gasteiger partial charge in [-0.25, -0.2) is 9.59 Å². The van der Waals surface area contributed by atoms with Crippen LogP contribution in [0.25, 0.3) is 11.0 Å². The molecular weight excluding hydrogens is 382 g/mol. The van der Waals surface area contributed by atoms with Gasteiger partial charge in [0.25, 0.3) is 0 Å². The Labute approximate surface area is 174 Å². The van der Waals surface area contributed by atoms with E-state index in [1.54, 1.807) is 25.1 Å². The van der Waals surface area contributed by atoms with E-state index in [2.05, 4.69) is 34.5 Å². The molecule has 1 aromatic heterocycles. The molecule has 0 bridgehead atoms. The molecule has 7 nitrogen and oxygen atoms in total. The fourth-order valence-corrected chi connectivity index (χ4v) is 3.91. The summed E-state index contributed by atoms with van der Waals surface area (Å²) in [7, 11) is 0. The van der Waals surface area contributed by atoms with Gasteiger partial charge >= 0.3 is 11.7 Å². The summed E-state index contributed by atoms with van der Waals surface area (Å²) in [6, 6.07) is 17.4. The van der Waals surface area contributed by atoms with Gasteiger partial charge in [-0.05, 0) is 31.2 Å². The van der Waals surface area contributed by atoms with Crippen molar-refractivity contribution in [2.45, 2.75) is 13.5 Å². The molecule has 1 saturated heterocycles. The predicted molar refractivity (Wildman–Crippen MR) is 116 cm³/mol. The highest BCUT2D eigenvalue weighted by Gasteiger charge is 2.21. The minimum Gasteiger partial charge on any atom is -0.450 e. The number of hydrogen-bond acceptors (Lipinski definition) is 5. The van der Waals surface area contributed by atoms with Crippen molar-refractivity contribution < 1.29 is 18.8 Å². The van der Waals surface area contributed by atoms with Crippen molar-refractivity contribution in [3.8, 4) is 0 Å². The maximum Gasteiger partial charge on any atom is 0.411 e. The minimum absolute atomic E-state index is 0.291.